The normalized spacial score (nSPS) is 11.9. The molecule has 1 aromatic rings. The standard InChI is InChI=1S/C14H22N2O2/c1-3-18-13-6-4-12(5-7-13)10-11(2)14(17)16-9-8-15/h4-7,11H,3,8-10,15H2,1-2H3,(H,16,17)/t11-/m1/s1. The van der Waals surface area contributed by atoms with Crippen molar-refractivity contribution in [2.45, 2.75) is 20.3 Å². The molecule has 0 radical (unpaired) electrons. The molecule has 1 atom stereocenters. The summed E-state index contributed by atoms with van der Waals surface area (Å²) in [5, 5.41) is 2.80. The highest BCUT2D eigenvalue weighted by Gasteiger charge is 2.12. The van der Waals surface area contributed by atoms with Gasteiger partial charge < -0.3 is 15.8 Å². The number of amides is 1. The summed E-state index contributed by atoms with van der Waals surface area (Å²) < 4.78 is 5.37. The Morgan fingerprint density at radius 2 is 2.06 bits per heavy atom. The van der Waals surface area contributed by atoms with Crippen LogP contribution in [-0.4, -0.2) is 25.6 Å². The molecule has 18 heavy (non-hydrogen) atoms. The number of nitrogens with two attached hydrogens (primary N) is 1. The van der Waals surface area contributed by atoms with Crippen LogP contribution in [0.5, 0.6) is 5.75 Å². The molecule has 0 heterocycles. The maximum Gasteiger partial charge on any atom is 0.223 e. The molecule has 0 aliphatic rings. The molecule has 100 valence electrons. The molecule has 0 saturated heterocycles. The van der Waals surface area contributed by atoms with Gasteiger partial charge in [-0.25, -0.2) is 0 Å². The second-order valence-electron chi connectivity index (χ2n) is 4.26. The lowest BCUT2D eigenvalue weighted by atomic mass is 10.0. The number of nitrogens with one attached hydrogen (secondary N) is 1. The van der Waals surface area contributed by atoms with Gasteiger partial charge in [-0.3, -0.25) is 4.79 Å². The van der Waals surface area contributed by atoms with E-state index in [0.717, 1.165) is 17.7 Å². The summed E-state index contributed by atoms with van der Waals surface area (Å²) in [6, 6.07) is 7.86. The van der Waals surface area contributed by atoms with Crippen molar-refractivity contribution < 1.29 is 9.53 Å². The summed E-state index contributed by atoms with van der Waals surface area (Å²) in [5.74, 6) is 0.866. The first kappa shape index (κ1) is 14.5. The van der Waals surface area contributed by atoms with E-state index in [1.54, 1.807) is 0 Å². The molecule has 1 amide bonds. The lowest BCUT2D eigenvalue weighted by Gasteiger charge is -2.12. The van der Waals surface area contributed by atoms with Gasteiger partial charge in [0, 0.05) is 19.0 Å². The lowest BCUT2D eigenvalue weighted by molar-refractivity contribution is -0.124. The third-order valence-electron chi connectivity index (χ3n) is 2.67. The summed E-state index contributed by atoms with van der Waals surface area (Å²) in [6.45, 7) is 5.55. The van der Waals surface area contributed by atoms with E-state index >= 15 is 0 Å². The van der Waals surface area contributed by atoms with Crippen molar-refractivity contribution in [3.63, 3.8) is 0 Å². The van der Waals surface area contributed by atoms with E-state index in [0.29, 0.717) is 19.7 Å². The molecule has 0 bridgehead atoms. The second-order valence-corrected chi connectivity index (χ2v) is 4.26. The Morgan fingerprint density at radius 3 is 2.61 bits per heavy atom. The van der Waals surface area contributed by atoms with E-state index in [4.69, 9.17) is 10.5 Å². The molecule has 0 aliphatic carbocycles. The van der Waals surface area contributed by atoms with E-state index in [1.807, 2.05) is 38.1 Å². The summed E-state index contributed by atoms with van der Waals surface area (Å²) in [5.41, 5.74) is 6.48. The first-order chi connectivity index (χ1) is 8.67. The molecule has 4 nitrogen and oxygen atoms in total. The van der Waals surface area contributed by atoms with Crippen LogP contribution in [0.1, 0.15) is 19.4 Å². The number of hydrogen-bond acceptors (Lipinski definition) is 3. The molecule has 3 N–H and O–H groups in total. The molecule has 0 spiro atoms. The van der Waals surface area contributed by atoms with E-state index in [2.05, 4.69) is 5.32 Å². The minimum Gasteiger partial charge on any atom is -0.494 e. The zero-order valence-corrected chi connectivity index (χ0v) is 11.1. The smallest absolute Gasteiger partial charge is 0.223 e. The number of rotatable bonds is 7. The Labute approximate surface area is 109 Å². The minimum absolute atomic E-state index is 0.0468. The van der Waals surface area contributed by atoms with Crippen LogP contribution >= 0.6 is 0 Å². The molecule has 1 aromatic carbocycles. The van der Waals surface area contributed by atoms with Crippen LogP contribution in [0.15, 0.2) is 24.3 Å². The lowest BCUT2D eigenvalue weighted by Crippen LogP contribution is -2.34. The number of ether oxygens (including phenoxy) is 1. The van der Waals surface area contributed by atoms with Gasteiger partial charge in [0.05, 0.1) is 6.61 Å². The van der Waals surface area contributed by atoms with Crippen LogP contribution in [0, 0.1) is 5.92 Å². The Balaban J connectivity index is 2.48. The largest absolute Gasteiger partial charge is 0.494 e. The molecule has 0 aliphatic heterocycles. The van der Waals surface area contributed by atoms with Crippen molar-refractivity contribution >= 4 is 5.91 Å². The van der Waals surface area contributed by atoms with E-state index in [1.165, 1.54) is 0 Å². The topological polar surface area (TPSA) is 64.3 Å². The number of carbonyl (C=O) groups excluding carboxylic acids is 1. The van der Waals surface area contributed by atoms with E-state index in [-0.39, 0.29) is 11.8 Å². The molecule has 4 heteroatoms. The highest BCUT2D eigenvalue weighted by atomic mass is 16.5. The molecular formula is C14H22N2O2. The highest BCUT2D eigenvalue weighted by Crippen LogP contribution is 2.15. The second kappa shape index (κ2) is 7.71. The average molecular weight is 250 g/mol. The maximum atomic E-state index is 11.7. The van der Waals surface area contributed by atoms with Crippen molar-refractivity contribution in [2.75, 3.05) is 19.7 Å². The number of benzene rings is 1. The SMILES string of the molecule is CCOc1ccc(C[C@@H](C)C(=O)NCCN)cc1. The van der Waals surface area contributed by atoms with E-state index < -0.39 is 0 Å². The zero-order chi connectivity index (χ0) is 13.4. The predicted molar refractivity (Wildman–Crippen MR) is 72.5 cm³/mol. The highest BCUT2D eigenvalue weighted by molar-refractivity contribution is 5.78. The van der Waals surface area contributed by atoms with Gasteiger partial charge in [0.2, 0.25) is 5.91 Å². The van der Waals surface area contributed by atoms with Crippen LogP contribution in [0.25, 0.3) is 0 Å². The average Bonchev–Trinajstić information content (AvgIpc) is 2.38. The zero-order valence-electron chi connectivity index (χ0n) is 11.1. The van der Waals surface area contributed by atoms with Crippen molar-refractivity contribution in [1.82, 2.24) is 5.32 Å². The van der Waals surface area contributed by atoms with Gasteiger partial charge in [0.1, 0.15) is 5.75 Å². The van der Waals surface area contributed by atoms with Gasteiger partial charge in [0.15, 0.2) is 0 Å². The molecule has 1 rings (SSSR count). The molecule has 0 fully saturated rings. The Kier molecular flexibility index (Phi) is 6.22. The van der Waals surface area contributed by atoms with Gasteiger partial charge in [-0.05, 0) is 31.0 Å². The summed E-state index contributed by atoms with van der Waals surface area (Å²) in [6.07, 6.45) is 0.725. The fourth-order valence-corrected chi connectivity index (χ4v) is 1.70. The van der Waals surface area contributed by atoms with Gasteiger partial charge >= 0.3 is 0 Å². The monoisotopic (exact) mass is 250 g/mol. The molecular weight excluding hydrogens is 228 g/mol. The van der Waals surface area contributed by atoms with Crippen LogP contribution in [0.4, 0.5) is 0 Å². The fourth-order valence-electron chi connectivity index (χ4n) is 1.70. The summed E-state index contributed by atoms with van der Waals surface area (Å²) in [7, 11) is 0. The predicted octanol–water partition coefficient (Wildman–Crippen LogP) is 1.34. The van der Waals surface area contributed by atoms with Gasteiger partial charge in [-0.15, -0.1) is 0 Å². The fraction of sp³-hybridized carbons (Fsp3) is 0.500. The Bertz CT molecular complexity index is 363. The first-order valence-corrected chi connectivity index (χ1v) is 6.37. The van der Waals surface area contributed by atoms with Gasteiger partial charge in [0.25, 0.3) is 0 Å². The molecule has 0 unspecified atom stereocenters. The van der Waals surface area contributed by atoms with Crippen LogP contribution in [0.2, 0.25) is 0 Å². The van der Waals surface area contributed by atoms with Gasteiger partial charge in [-0.2, -0.15) is 0 Å². The van der Waals surface area contributed by atoms with Crippen molar-refractivity contribution in [2.24, 2.45) is 11.7 Å². The molecule has 0 saturated carbocycles. The van der Waals surface area contributed by atoms with Gasteiger partial charge in [-0.1, -0.05) is 19.1 Å². The summed E-state index contributed by atoms with van der Waals surface area (Å²) >= 11 is 0. The van der Waals surface area contributed by atoms with Crippen LogP contribution < -0.4 is 15.8 Å². The Hall–Kier alpha value is -1.55. The third-order valence-corrected chi connectivity index (χ3v) is 2.67. The van der Waals surface area contributed by atoms with Crippen molar-refractivity contribution in [3.8, 4) is 5.75 Å². The minimum atomic E-state index is -0.0468. The number of hydrogen-bond donors (Lipinski definition) is 2. The maximum absolute atomic E-state index is 11.7. The molecule has 0 aromatic heterocycles. The van der Waals surface area contributed by atoms with Crippen LogP contribution in [0.3, 0.4) is 0 Å². The Morgan fingerprint density at radius 1 is 1.39 bits per heavy atom. The van der Waals surface area contributed by atoms with E-state index in [9.17, 15) is 4.79 Å². The van der Waals surface area contributed by atoms with Crippen molar-refractivity contribution in [3.05, 3.63) is 29.8 Å². The quantitative estimate of drug-likeness (QED) is 0.767. The van der Waals surface area contributed by atoms with Crippen LogP contribution in [-0.2, 0) is 11.2 Å². The first-order valence-electron chi connectivity index (χ1n) is 6.37. The number of carbonyl (C=O) groups is 1. The van der Waals surface area contributed by atoms with Crippen molar-refractivity contribution in [1.29, 1.82) is 0 Å². The third kappa shape index (κ3) is 4.75. The summed E-state index contributed by atoms with van der Waals surface area (Å²) in [4.78, 5) is 11.7.